The van der Waals surface area contributed by atoms with Gasteiger partial charge < -0.3 is 19.7 Å². The summed E-state index contributed by atoms with van der Waals surface area (Å²) in [6.07, 6.45) is 5.18. The molecule has 3 aliphatic heterocycles. The minimum absolute atomic E-state index is 0.0948. The maximum atomic E-state index is 13.2. The van der Waals surface area contributed by atoms with E-state index in [9.17, 15) is 4.79 Å². The van der Waals surface area contributed by atoms with Crippen LogP contribution >= 0.6 is 0 Å². The van der Waals surface area contributed by atoms with Crippen molar-refractivity contribution in [1.29, 1.82) is 0 Å². The first-order valence-electron chi connectivity index (χ1n) is 12.2. The van der Waals surface area contributed by atoms with E-state index in [0.717, 1.165) is 56.8 Å². The molecule has 0 aromatic heterocycles. The van der Waals surface area contributed by atoms with Crippen LogP contribution in [0, 0.1) is 5.92 Å². The van der Waals surface area contributed by atoms with Crippen molar-refractivity contribution in [2.24, 2.45) is 5.92 Å². The molecule has 3 aliphatic rings. The first-order chi connectivity index (χ1) is 16.2. The Hall–Kier alpha value is -2.73. The second kappa shape index (κ2) is 9.64. The number of carbonyl (C=O) groups is 1. The van der Waals surface area contributed by atoms with E-state index in [-0.39, 0.29) is 12.1 Å². The fourth-order valence-corrected chi connectivity index (χ4v) is 6.09. The van der Waals surface area contributed by atoms with E-state index in [1.54, 1.807) is 14.2 Å². The number of carbonyl (C=O) groups excluding carboxylic acids is 1. The molecule has 5 rings (SSSR count). The van der Waals surface area contributed by atoms with Crippen molar-refractivity contribution < 1.29 is 14.3 Å². The topological polar surface area (TPSA) is 54.0 Å². The highest BCUT2D eigenvalue weighted by atomic mass is 16.5. The summed E-state index contributed by atoms with van der Waals surface area (Å²) in [4.78, 5) is 18.0. The van der Waals surface area contributed by atoms with Gasteiger partial charge in [0, 0.05) is 38.3 Å². The van der Waals surface area contributed by atoms with Crippen LogP contribution in [-0.2, 0) is 12.8 Å². The van der Waals surface area contributed by atoms with Crippen LogP contribution in [0.1, 0.15) is 42.0 Å². The van der Waals surface area contributed by atoms with Gasteiger partial charge in [0.15, 0.2) is 11.5 Å². The lowest BCUT2D eigenvalue weighted by molar-refractivity contribution is 0.00568. The number of nitrogens with one attached hydrogen (secondary N) is 1. The molecule has 0 unspecified atom stereocenters. The number of methoxy groups -OCH3 is 2. The molecule has 0 aliphatic carbocycles. The van der Waals surface area contributed by atoms with Crippen LogP contribution < -0.4 is 14.8 Å². The predicted octanol–water partition coefficient (Wildman–Crippen LogP) is 4.04. The lowest BCUT2D eigenvalue weighted by Gasteiger charge is -2.52. The third-order valence-corrected chi connectivity index (χ3v) is 7.76. The van der Waals surface area contributed by atoms with Crippen molar-refractivity contribution in [2.75, 3.05) is 40.4 Å². The lowest BCUT2D eigenvalue weighted by atomic mass is 9.76. The standard InChI is InChI=1S/C27H35N3O3/c1-32-25-15-20-11-14-29-18-21-9-6-13-30(23(21)17-24(29)22(20)16-26(25)33-2)27(31)28-12-10-19-7-4-3-5-8-19/h3-5,7-8,15-16,21,23-24H,6,9-14,17-18H2,1-2H3,(H,28,31)/t21-,23+,24+/m0/s1. The quantitative estimate of drug-likeness (QED) is 0.749. The van der Waals surface area contributed by atoms with E-state index in [4.69, 9.17) is 9.47 Å². The maximum absolute atomic E-state index is 13.2. The molecule has 176 valence electrons. The average Bonchev–Trinajstić information content (AvgIpc) is 2.86. The second-order valence-corrected chi connectivity index (χ2v) is 9.53. The maximum Gasteiger partial charge on any atom is 0.317 e. The Morgan fingerprint density at radius 1 is 1.09 bits per heavy atom. The third-order valence-electron chi connectivity index (χ3n) is 7.76. The molecule has 0 spiro atoms. The molecule has 3 atom stereocenters. The van der Waals surface area contributed by atoms with E-state index >= 15 is 0 Å². The van der Waals surface area contributed by atoms with Gasteiger partial charge in [0.1, 0.15) is 0 Å². The molecule has 0 saturated carbocycles. The molecule has 6 nitrogen and oxygen atoms in total. The molecule has 6 heteroatoms. The summed E-state index contributed by atoms with van der Waals surface area (Å²) in [5.41, 5.74) is 3.94. The Balaban J connectivity index is 1.31. The van der Waals surface area contributed by atoms with Gasteiger partial charge in [-0.05, 0) is 66.8 Å². The third kappa shape index (κ3) is 4.41. The number of nitrogens with zero attached hydrogens (tertiary/aromatic N) is 2. The molecule has 0 radical (unpaired) electrons. The van der Waals surface area contributed by atoms with Crippen LogP contribution in [0.3, 0.4) is 0 Å². The van der Waals surface area contributed by atoms with Gasteiger partial charge in [-0.25, -0.2) is 4.79 Å². The van der Waals surface area contributed by atoms with Crippen LogP contribution in [0.2, 0.25) is 0 Å². The van der Waals surface area contributed by atoms with Crippen LogP contribution in [0.5, 0.6) is 11.5 Å². The largest absolute Gasteiger partial charge is 0.493 e. The highest BCUT2D eigenvalue weighted by Gasteiger charge is 2.44. The highest BCUT2D eigenvalue weighted by Crippen LogP contribution is 2.45. The minimum atomic E-state index is 0.0948. The molecule has 2 fully saturated rings. The normalized spacial score (nSPS) is 24.3. The average molecular weight is 450 g/mol. The van der Waals surface area contributed by atoms with Crippen LogP contribution in [0.25, 0.3) is 0 Å². The number of piperidine rings is 2. The molecule has 2 aromatic rings. The van der Waals surface area contributed by atoms with E-state index in [1.807, 2.05) is 18.2 Å². The van der Waals surface area contributed by atoms with Crippen molar-refractivity contribution >= 4 is 6.03 Å². The SMILES string of the molecule is COc1cc2c(cc1OC)[C@H]1C[C@@H]3[C@@H](CCCN3C(=O)NCCc3ccccc3)CN1CC2. The summed E-state index contributed by atoms with van der Waals surface area (Å²) < 4.78 is 11.2. The van der Waals surface area contributed by atoms with Crippen molar-refractivity contribution in [1.82, 2.24) is 15.1 Å². The summed E-state index contributed by atoms with van der Waals surface area (Å²) in [7, 11) is 3.39. The van der Waals surface area contributed by atoms with Crippen LogP contribution in [0.4, 0.5) is 4.79 Å². The van der Waals surface area contributed by atoms with Gasteiger partial charge in [-0.2, -0.15) is 0 Å². The number of ether oxygens (including phenoxy) is 2. The summed E-state index contributed by atoms with van der Waals surface area (Å²) >= 11 is 0. The minimum Gasteiger partial charge on any atom is -0.493 e. The second-order valence-electron chi connectivity index (χ2n) is 9.53. The molecular formula is C27H35N3O3. The Bertz CT molecular complexity index is 980. The van der Waals surface area contributed by atoms with E-state index < -0.39 is 0 Å². The summed E-state index contributed by atoms with van der Waals surface area (Å²) in [5.74, 6) is 2.14. The van der Waals surface area contributed by atoms with Gasteiger partial charge in [-0.15, -0.1) is 0 Å². The number of rotatable bonds is 5. The molecule has 33 heavy (non-hydrogen) atoms. The van der Waals surface area contributed by atoms with Gasteiger partial charge >= 0.3 is 6.03 Å². The Morgan fingerprint density at radius 3 is 2.67 bits per heavy atom. The molecule has 2 amide bonds. The summed E-state index contributed by atoms with van der Waals surface area (Å²) in [6.45, 7) is 3.66. The number of urea groups is 1. The van der Waals surface area contributed by atoms with Crippen LogP contribution in [-0.4, -0.2) is 62.3 Å². The zero-order valence-corrected chi connectivity index (χ0v) is 19.8. The van der Waals surface area contributed by atoms with Gasteiger partial charge in [0.2, 0.25) is 0 Å². The smallest absolute Gasteiger partial charge is 0.317 e. The fourth-order valence-electron chi connectivity index (χ4n) is 6.09. The van der Waals surface area contributed by atoms with E-state index in [0.29, 0.717) is 18.5 Å². The first-order valence-corrected chi connectivity index (χ1v) is 12.2. The van der Waals surface area contributed by atoms with Crippen molar-refractivity contribution in [2.45, 2.75) is 44.2 Å². The van der Waals surface area contributed by atoms with Gasteiger partial charge in [-0.1, -0.05) is 30.3 Å². The van der Waals surface area contributed by atoms with Crippen molar-refractivity contribution in [3.63, 3.8) is 0 Å². The molecule has 1 N–H and O–H groups in total. The van der Waals surface area contributed by atoms with E-state index in [2.05, 4.69) is 39.4 Å². The summed E-state index contributed by atoms with van der Waals surface area (Å²) in [5, 5.41) is 3.20. The number of amides is 2. The summed E-state index contributed by atoms with van der Waals surface area (Å²) in [6, 6.07) is 15.4. The number of benzene rings is 2. The molecule has 2 aromatic carbocycles. The Kier molecular flexibility index (Phi) is 6.45. The Morgan fingerprint density at radius 2 is 1.88 bits per heavy atom. The number of likely N-dealkylation sites (tertiary alicyclic amines) is 1. The van der Waals surface area contributed by atoms with Crippen LogP contribution in [0.15, 0.2) is 42.5 Å². The first kappa shape index (κ1) is 22.1. The number of hydrogen-bond acceptors (Lipinski definition) is 4. The molecular weight excluding hydrogens is 414 g/mol. The zero-order chi connectivity index (χ0) is 22.8. The van der Waals surface area contributed by atoms with Gasteiger partial charge in [0.05, 0.1) is 14.2 Å². The van der Waals surface area contributed by atoms with Crippen molar-refractivity contribution in [3.8, 4) is 11.5 Å². The molecule has 2 saturated heterocycles. The Labute approximate surface area is 196 Å². The molecule has 3 heterocycles. The lowest BCUT2D eigenvalue weighted by Crippen LogP contribution is -2.59. The zero-order valence-electron chi connectivity index (χ0n) is 19.8. The van der Waals surface area contributed by atoms with E-state index in [1.165, 1.54) is 23.1 Å². The van der Waals surface area contributed by atoms with Crippen molar-refractivity contribution in [3.05, 3.63) is 59.2 Å². The fraction of sp³-hybridized carbons (Fsp3) is 0.519. The monoisotopic (exact) mass is 449 g/mol. The van der Waals surface area contributed by atoms with Gasteiger partial charge in [-0.3, -0.25) is 4.90 Å². The highest BCUT2D eigenvalue weighted by molar-refractivity contribution is 5.74. The molecule has 0 bridgehead atoms. The predicted molar refractivity (Wildman–Crippen MR) is 129 cm³/mol. The number of hydrogen-bond donors (Lipinski definition) is 1. The van der Waals surface area contributed by atoms with Gasteiger partial charge in [0.25, 0.3) is 0 Å². The number of fused-ring (bicyclic) bond motifs is 4.